The third-order valence-electron chi connectivity index (χ3n) is 3.60. The molecule has 0 aliphatic heterocycles. The van der Waals surface area contributed by atoms with Crippen molar-refractivity contribution < 1.29 is 13.2 Å². The number of hydrogen-bond acceptors (Lipinski definition) is 3. The summed E-state index contributed by atoms with van der Waals surface area (Å²) >= 11 is 0. The summed E-state index contributed by atoms with van der Waals surface area (Å²) in [7, 11) is -3.27. The van der Waals surface area contributed by atoms with Crippen LogP contribution in [0, 0.1) is 0 Å². The predicted molar refractivity (Wildman–Crippen MR) is 93.3 cm³/mol. The zero-order valence-corrected chi connectivity index (χ0v) is 14.9. The summed E-state index contributed by atoms with van der Waals surface area (Å²) < 4.78 is 24.1. The van der Waals surface area contributed by atoms with E-state index in [1.54, 1.807) is 30.3 Å². The highest BCUT2D eigenvalue weighted by molar-refractivity contribution is 7.91. The Morgan fingerprint density at radius 3 is 2.48 bits per heavy atom. The summed E-state index contributed by atoms with van der Waals surface area (Å²) in [5.41, 5.74) is 0. The summed E-state index contributed by atoms with van der Waals surface area (Å²) in [6.45, 7) is 4.48. The van der Waals surface area contributed by atoms with Crippen molar-refractivity contribution in [1.29, 1.82) is 0 Å². The molecule has 1 rings (SSSR count). The molecule has 1 aromatic rings. The van der Waals surface area contributed by atoms with Gasteiger partial charge >= 0.3 is 6.03 Å². The van der Waals surface area contributed by atoms with E-state index in [4.69, 9.17) is 0 Å². The summed E-state index contributed by atoms with van der Waals surface area (Å²) in [6, 6.07) is 8.28. The van der Waals surface area contributed by atoms with Crippen molar-refractivity contribution in [3.63, 3.8) is 0 Å². The van der Waals surface area contributed by atoms with Crippen LogP contribution < -0.4 is 10.6 Å². The summed E-state index contributed by atoms with van der Waals surface area (Å²) in [5, 5.41) is 5.58. The summed E-state index contributed by atoms with van der Waals surface area (Å²) in [6.07, 6.45) is 4.80. The second-order valence-corrected chi connectivity index (χ2v) is 7.89. The van der Waals surface area contributed by atoms with E-state index in [0.717, 1.165) is 19.3 Å². The quantitative estimate of drug-likeness (QED) is 0.643. The van der Waals surface area contributed by atoms with Crippen LogP contribution in [-0.2, 0) is 9.84 Å². The van der Waals surface area contributed by atoms with Gasteiger partial charge < -0.3 is 10.6 Å². The summed E-state index contributed by atoms with van der Waals surface area (Å²) in [4.78, 5) is 12.0. The number of unbranched alkanes of at least 4 members (excludes halogenated alkanes) is 2. The molecule has 0 aliphatic rings. The van der Waals surface area contributed by atoms with Crippen LogP contribution in [0.4, 0.5) is 4.79 Å². The lowest BCUT2D eigenvalue weighted by Crippen LogP contribution is -2.41. The smallest absolute Gasteiger partial charge is 0.314 e. The molecule has 1 aromatic carbocycles. The minimum absolute atomic E-state index is 0.0311. The van der Waals surface area contributed by atoms with Gasteiger partial charge in [0.15, 0.2) is 9.84 Å². The lowest BCUT2D eigenvalue weighted by molar-refractivity contribution is 0.237. The van der Waals surface area contributed by atoms with Crippen LogP contribution in [0.1, 0.15) is 46.0 Å². The van der Waals surface area contributed by atoms with E-state index in [0.29, 0.717) is 17.9 Å². The normalized spacial score (nSPS) is 12.6. The molecular weight excluding hydrogens is 312 g/mol. The Bertz CT molecular complexity index is 558. The molecule has 0 spiro atoms. The van der Waals surface area contributed by atoms with Crippen LogP contribution in [-0.4, -0.2) is 32.8 Å². The first-order chi connectivity index (χ1) is 11.0. The molecular formula is C17H28N2O3S. The maximum absolute atomic E-state index is 12.1. The van der Waals surface area contributed by atoms with Gasteiger partial charge in [0.1, 0.15) is 0 Å². The largest absolute Gasteiger partial charge is 0.338 e. The van der Waals surface area contributed by atoms with Crippen molar-refractivity contribution in [2.75, 3.05) is 12.3 Å². The Balaban J connectivity index is 2.23. The first-order valence-electron chi connectivity index (χ1n) is 8.28. The van der Waals surface area contributed by atoms with E-state index < -0.39 is 9.84 Å². The van der Waals surface area contributed by atoms with Gasteiger partial charge in [-0.3, -0.25) is 0 Å². The fraction of sp³-hybridized carbons (Fsp3) is 0.588. The molecule has 0 bridgehead atoms. The van der Waals surface area contributed by atoms with Crippen LogP contribution in [0.3, 0.4) is 0 Å². The molecule has 0 aliphatic carbocycles. The Morgan fingerprint density at radius 1 is 1.13 bits per heavy atom. The first-order valence-corrected chi connectivity index (χ1v) is 9.93. The molecule has 6 heteroatoms. The van der Waals surface area contributed by atoms with Gasteiger partial charge in [0.25, 0.3) is 0 Å². The molecule has 0 saturated heterocycles. The van der Waals surface area contributed by atoms with Crippen LogP contribution in [0.5, 0.6) is 0 Å². The maximum Gasteiger partial charge on any atom is 0.314 e. The number of nitrogens with one attached hydrogen (secondary N) is 2. The lowest BCUT2D eigenvalue weighted by Gasteiger charge is -2.14. The zero-order valence-electron chi connectivity index (χ0n) is 14.0. The number of carbonyl (C=O) groups is 1. The van der Waals surface area contributed by atoms with Gasteiger partial charge in [0.05, 0.1) is 10.6 Å². The number of rotatable bonds is 10. The molecule has 0 saturated carbocycles. The van der Waals surface area contributed by atoms with E-state index in [9.17, 15) is 13.2 Å². The number of benzene rings is 1. The van der Waals surface area contributed by atoms with Gasteiger partial charge in [0.2, 0.25) is 0 Å². The topological polar surface area (TPSA) is 75.3 Å². The molecule has 23 heavy (non-hydrogen) atoms. The van der Waals surface area contributed by atoms with Gasteiger partial charge in [-0.25, -0.2) is 13.2 Å². The van der Waals surface area contributed by atoms with E-state index in [1.165, 1.54) is 6.42 Å². The molecule has 0 aromatic heterocycles. The van der Waals surface area contributed by atoms with Gasteiger partial charge in [-0.1, -0.05) is 44.4 Å². The third kappa shape index (κ3) is 8.02. The van der Waals surface area contributed by atoms with E-state index >= 15 is 0 Å². The Labute approximate surface area is 139 Å². The monoisotopic (exact) mass is 340 g/mol. The minimum Gasteiger partial charge on any atom is -0.338 e. The molecule has 5 nitrogen and oxygen atoms in total. The average Bonchev–Trinajstić information content (AvgIpc) is 2.53. The van der Waals surface area contributed by atoms with Gasteiger partial charge in [-0.2, -0.15) is 0 Å². The molecule has 130 valence electrons. The zero-order chi connectivity index (χ0) is 17.1. The molecule has 0 radical (unpaired) electrons. The molecule has 0 fully saturated rings. The van der Waals surface area contributed by atoms with Gasteiger partial charge in [-0.15, -0.1) is 0 Å². The average molecular weight is 340 g/mol. The van der Waals surface area contributed by atoms with Crippen molar-refractivity contribution in [3.8, 4) is 0 Å². The number of urea groups is 1. The number of carbonyl (C=O) groups excluding carboxylic acids is 1. The highest BCUT2D eigenvalue weighted by Gasteiger charge is 2.13. The second kappa shape index (κ2) is 10.3. The number of sulfone groups is 1. The highest BCUT2D eigenvalue weighted by atomic mass is 32.2. The standard InChI is InChI=1S/C17H28N2O3S/c1-3-4-6-10-15(2)19-17(20)18-13-9-14-23(21,22)16-11-7-5-8-12-16/h5,7-8,11-12,15H,3-4,6,9-10,13-14H2,1-2H3,(H2,18,19,20). The maximum atomic E-state index is 12.1. The fourth-order valence-electron chi connectivity index (χ4n) is 2.26. The highest BCUT2D eigenvalue weighted by Crippen LogP contribution is 2.10. The lowest BCUT2D eigenvalue weighted by atomic mass is 10.1. The van der Waals surface area contributed by atoms with Gasteiger partial charge in [-0.05, 0) is 31.9 Å². The molecule has 2 N–H and O–H groups in total. The van der Waals surface area contributed by atoms with Crippen molar-refractivity contribution in [2.45, 2.75) is 56.9 Å². The van der Waals surface area contributed by atoms with Crippen molar-refractivity contribution in [3.05, 3.63) is 30.3 Å². The van der Waals surface area contributed by atoms with Crippen molar-refractivity contribution in [2.24, 2.45) is 0 Å². The van der Waals surface area contributed by atoms with E-state index in [1.807, 2.05) is 6.92 Å². The van der Waals surface area contributed by atoms with Crippen LogP contribution >= 0.6 is 0 Å². The fourth-order valence-corrected chi connectivity index (χ4v) is 3.59. The van der Waals surface area contributed by atoms with Crippen molar-refractivity contribution >= 4 is 15.9 Å². The predicted octanol–water partition coefficient (Wildman–Crippen LogP) is 3.12. The number of amides is 2. The molecule has 2 amide bonds. The Morgan fingerprint density at radius 2 is 1.83 bits per heavy atom. The third-order valence-corrected chi connectivity index (χ3v) is 5.41. The Kier molecular flexibility index (Phi) is 8.69. The molecule has 1 atom stereocenters. The van der Waals surface area contributed by atoms with Gasteiger partial charge in [0, 0.05) is 12.6 Å². The Hall–Kier alpha value is -1.56. The summed E-state index contributed by atoms with van der Waals surface area (Å²) in [5.74, 6) is 0.0311. The molecule has 0 heterocycles. The van der Waals surface area contributed by atoms with E-state index in [2.05, 4.69) is 17.6 Å². The SMILES string of the molecule is CCCCCC(C)NC(=O)NCCCS(=O)(=O)c1ccccc1. The second-order valence-electron chi connectivity index (χ2n) is 5.78. The first kappa shape index (κ1) is 19.5. The van der Waals surface area contributed by atoms with Crippen LogP contribution in [0.2, 0.25) is 0 Å². The van der Waals surface area contributed by atoms with Crippen LogP contribution in [0.25, 0.3) is 0 Å². The molecule has 1 unspecified atom stereocenters. The minimum atomic E-state index is -3.27. The number of hydrogen-bond donors (Lipinski definition) is 2. The van der Waals surface area contributed by atoms with E-state index in [-0.39, 0.29) is 17.8 Å². The van der Waals surface area contributed by atoms with Crippen LogP contribution in [0.15, 0.2) is 35.2 Å². The van der Waals surface area contributed by atoms with Crippen molar-refractivity contribution in [1.82, 2.24) is 10.6 Å².